The van der Waals surface area contributed by atoms with Crippen LogP contribution in [0.25, 0.3) is 10.8 Å². The lowest BCUT2D eigenvalue weighted by Gasteiger charge is -2.36. The standard InChI is InChI=1S/C37H41ClN4O4/c1-24-19-21-41(32(36(39)45)23-28-14-8-13-26-10-6-7-17-31(26)28)37(46)34(29-15-9-16-30(38)22-29)42(24)33(43)18-20-40-25(2)35(44)27-11-4-3-5-12-27/h3-17,22,24-25,32,34-35,40,44H,18-21,23H2,1-2H3,(H2,39,45). The first-order chi connectivity index (χ1) is 22.2. The molecule has 0 bridgehead atoms. The first-order valence-corrected chi connectivity index (χ1v) is 16.1. The van der Waals surface area contributed by atoms with Crippen LogP contribution in [0, 0.1) is 0 Å². The molecule has 8 nitrogen and oxygen atoms in total. The first-order valence-electron chi connectivity index (χ1n) is 15.7. The molecule has 3 amide bonds. The van der Waals surface area contributed by atoms with Crippen molar-refractivity contribution in [3.8, 4) is 0 Å². The zero-order valence-corrected chi connectivity index (χ0v) is 26.9. The lowest BCUT2D eigenvalue weighted by molar-refractivity contribution is -0.148. The van der Waals surface area contributed by atoms with Crippen molar-refractivity contribution in [1.82, 2.24) is 15.1 Å². The summed E-state index contributed by atoms with van der Waals surface area (Å²) >= 11 is 6.39. The number of nitrogens with one attached hydrogen (secondary N) is 1. The van der Waals surface area contributed by atoms with Crippen LogP contribution < -0.4 is 11.1 Å². The van der Waals surface area contributed by atoms with E-state index < -0.39 is 24.1 Å². The maximum Gasteiger partial charge on any atom is 0.250 e. The van der Waals surface area contributed by atoms with Crippen LogP contribution in [0.1, 0.15) is 55.5 Å². The molecule has 5 unspecified atom stereocenters. The molecule has 1 aliphatic heterocycles. The molecule has 9 heteroatoms. The average molecular weight is 641 g/mol. The topological polar surface area (TPSA) is 116 Å². The molecule has 1 fully saturated rings. The van der Waals surface area contributed by atoms with Crippen LogP contribution in [0.5, 0.6) is 0 Å². The number of benzene rings is 4. The van der Waals surface area contributed by atoms with Gasteiger partial charge < -0.3 is 26.0 Å². The second kappa shape index (κ2) is 14.9. The predicted octanol–water partition coefficient (Wildman–Crippen LogP) is 5.18. The van der Waals surface area contributed by atoms with Crippen LogP contribution >= 0.6 is 11.6 Å². The summed E-state index contributed by atoms with van der Waals surface area (Å²) in [6, 6.07) is 27.6. The van der Waals surface area contributed by atoms with Gasteiger partial charge in [0.1, 0.15) is 12.1 Å². The Morgan fingerprint density at radius 2 is 1.70 bits per heavy atom. The smallest absolute Gasteiger partial charge is 0.250 e. The third-order valence-electron chi connectivity index (χ3n) is 8.93. The second-order valence-electron chi connectivity index (χ2n) is 12.0. The molecule has 5 rings (SSSR count). The number of aliphatic hydroxyl groups excluding tert-OH is 1. The Bertz CT molecular complexity index is 1680. The highest BCUT2D eigenvalue weighted by atomic mass is 35.5. The van der Waals surface area contributed by atoms with Crippen LogP contribution in [0.3, 0.4) is 0 Å². The lowest BCUT2D eigenvalue weighted by atomic mass is 9.96. The van der Waals surface area contributed by atoms with Crippen molar-refractivity contribution in [1.29, 1.82) is 0 Å². The summed E-state index contributed by atoms with van der Waals surface area (Å²) < 4.78 is 0. The van der Waals surface area contributed by atoms with E-state index in [2.05, 4.69) is 5.32 Å². The Labute approximate surface area is 275 Å². The molecular weight excluding hydrogens is 600 g/mol. The first kappa shape index (κ1) is 33.1. The van der Waals surface area contributed by atoms with Crippen LogP contribution in [0.15, 0.2) is 97.1 Å². The number of fused-ring (bicyclic) bond motifs is 1. The van der Waals surface area contributed by atoms with Gasteiger partial charge in [-0.3, -0.25) is 14.4 Å². The molecule has 4 N–H and O–H groups in total. The Hall–Kier alpha value is -4.24. The number of nitrogens with two attached hydrogens (primary N) is 1. The van der Waals surface area contributed by atoms with E-state index in [9.17, 15) is 19.5 Å². The van der Waals surface area contributed by atoms with Gasteiger partial charge in [-0.05, 0) is 59.9 Å². The molecule has 0 radical (unpaired) electrons. The van der Waals surface area contributed by atoms with Gasteiger partial charge in [-0.15, -0.1) is 0 Å². The zero-order chi connectivity index (χ0) is 32.8. The summed E-state index contributed by atoms with van der Waals surface area (Å²) in [4.78, 5) is 44.8. The molecule has 4 aromatic rings. The van der Waals surface area contributed by atoms with Crippen LogP contribution in [-0.4, -0.2) is 63.8 Å². The SMILES string of the molecule is CC(NCCC(=O)N1C(C)CCN(C(Cc2cccc3ccccc23)C(N)=O)C(=O)C1c1cccc(Cl)c1)C(O)c1ccccc1. The van der Waals surface area contributed by atoms with Crippen molar-refractivity contribution >= 4 is 40.1 Å². The monoisotopic (exact) mass is 640 g/mol. The molecule has 0 aliphatic carbocycles. The minimum absolute atomic E-state index is 0.107. The third kappa shape index (κ3) is 7.41. The van der Waals surface area contributed by atoms with E-state index in [0.717, 1.165) is 21.9 Å². The zero-order valence-electron chi connectivity index (χ0n) is 26.2. The summed E-state index contributed by atoms with van der Waals surface area (Å²) in [7, 11) is 0. The quantitative estimate of drug-likeness (QED) is 0.209. The van der Waals surface area contributed by atoms with E-state index in [-0.39, 0.29) is 43.3 Å². The summed E-state index contributed by atoms with van der Waals surface area (Å²) in [5, 5.41) is 16.5. The molecule has 1 saturated heterocycles. The fraction of sp³-hybridized carbons (Fsp3) is 0.324. The van der Waals surface area contributed by atoms with Gasteiger partial charge in [0, 0.05) is 43.0 Å². The molecular formula is C37H41ClN4O4. The van der Waals surface area contributed by atoms with Crippen LogP contribution in [-0.2, 0) is 20.8 Å². The van der Waals surface area contributed by atoms with Gasteiger partial charge in [-0.25, -0.2) is 0 Å². The number of aliphatic hydroxyl groups is 1. The Morgan fingerprint density at radius 1 is 1.00 bits per heavy atom. The number of carbonyl (C=O) groups is 3. The highest BCUT2D eigenvalue weighted by Crippen LogP contribution is 2.33. The van der Waals surface area contributed by atoms with Gasteiger partial charge >= 0.3 is 0 Å². The van der Waals surface area contributed by atoms with Crippen molar-refractivity contribution in [2.75, 3.05) is 13.1 Å². The predicted molar refractivity (Wildman–Crippen MR) is 181 cm³/mol. The Kier molecular flexibility index (Phi) is 10.7. The fourth-order valence-electron chi connectivity index (χ4n) is 6.41. The third-order valence-corrected chi connectivity index (χ3v) is 9.16. The molecule has 4 aromatic carbocycles. The summed E-state index contributed by atoms with van der Waals surface area (Å²) in [5.41, 5.74) is 8.28. The Morgan fingerprint density at radius 3 is 2.43 bits per heavy atom. The summed E-state index contributed by atoms with van der Waals surface area (Å²) in [5.74, 6) is -1.19. The van der Waals surface area contributed by atoms with E-state index in [0.29, 0.717) is 23.6 Å². The van der Waals surface area contributed by atoms with Gasteiger partial charge in [0.15, 0.2) is 0 Å². The molecule has 0 aromatic heterocycles. The van der Waals surface area contributed by atoms with E-state index >= 15 is 0 Å². The average Bonchev–Trinajstić information content (AvgIpc) is 3.18. The Balaban J connectivity index is 1.40. The second-order valence-corrected chi connectivity index (χ2v) is 12.5. The maximum absolute atomic E-state index is 14.6. The number of hydrogen-bond donors (Lipinski definition) is 3. The van der Waals surface area contributed by atoms with Crippen molar-refractivity contribution < 1.29 is 19.5 Å². The highest BCUT2D eigenvalue weighted by molar-refractivity contribution is 6.30. The molecule has 240 valence electrons. The van der Waals surface area contributed by atoms with E-state index in [1.54, 1.807) is 34.1 Å². The van der Waals surface area contributed by atoms with Crippen molar-refractivity contribution in [3.63, 3.8) is 0 Å². The van der Waals surface area contributed by atoms with Gasteiger partial charge in [-0.2, -0.15) is 0 Å². The van der Waals surface area contributed by atoms with Crippen LogP contribution in [0.4, 0.5) is 0 Å². The molecule has 46 heavy (non-hydrogen) atoms. The highest BCUT2D eigenvalue weighted by Gasteiger charge is 2.43. The molecule has 1 heterocycles. The van der Waals surface area contributed by atoms with E-state index in [1.807, 2.05) is 86.6 Å². The molecule has 0 saturated carbocycles. The maximum atomic E-state index is 14.6. The fourth-order valence-corrected chi connectivity index (χ4v) is 6.61. The minimum Gasteiger partial charge on any atom is -0.387 e. The normalized spacial score (nSPS) is 19.0. The van der Waals surface area contributed by atoms with Gasteiger partial charge in [0.05, 0.1) is 6.10 Å². The lowest BCUT2D eigenvalue weighted by Crippen LogP contribution is -2.52. The largest absolute Gasteiger partial charge is 0.387 e. The minimum atomic E-state index is -0.995. The number of rotatable bonds is 11. The number of halogens is 1. The number of amides is 3. The number of carbonyl (C=O) groups excluding carboxylic acids is 3. The van der Waals surface area contributed by atoms with Gasteiger partial charge in [-0.1, -0.05) is 96.5 Å². The number of hydrogen-bond acceptors (Lipinski definition) is 5. The van der Waals surface area contributed by atoms with Gasteiger partial charge in [0.2, 0.25) is 11.8 Å². The molecule has 5 atom stereocenters. The van der Waals surface area contributed by atoms with E-state index in [4.69, 9.17) is 17.3 Å². The summed E-state index contributed by atoms with van der Waals surface area (Å²) in [6.45, 7) is 4.36. The van der Waals surface area contributed by atoms with Crippen molar-refractivity contribution in [2.45, 2.75) is 63.4 Å². The number of nitrogens with zero attached hydrogens (tertiary/aromatic N) is 2. The van der Waals surface area contributed by atoms with Crippen molar-refractivity contribution in [2.24, 2.45) is 5.73 Å². The van der Waals surface area contributed by atoms with E-state index in [1.165, 1.54) is 0 Å². The molecule has 0 spiro atoms. The molecule has 1 aliphatic rings. The van der Waals surface area contributed by atoms with Gasteiger partial charge in [0.25, 0.3) is 5.91 Å². The van der Waals surface area contributed by atoms with Crippen LogP contribution in [0.2, 0.25) is 5.02 Å². The number of primary amides is 1. The van der Waals surface area contributed by atoms with Crippen molar-refractivity contribution in [3.05, 3.63) is 119 Å². The summed E-state index contributed by atoms with van der Waals surface area (Å²) in [6.07, 6.45) is 0.0777.